The number of nitrogens with one attached hydrogen (secondary N) is 1. The monoisotopic (exact) mass is 329 g/mol. The maximum Gasteiger partial charge on any atom is 0.261 e. The van der Waals surface area contributed by atoms with Crippen molar-refractivity contribution in [3.8, 4) is 11.5 Å². The number of rotatable bonds is 4. The van der Waals surface area contributed by atoms with Crippen LogP contribution in [0.3, 0.4) is 0 Å². The molecule has 0 fully saturated rings. The van der Waals surface area contributed by atoms with Crippen molar-refractivity contribution in [3.63, 3.8) is 0 Å². The molecule has 23 heavy (non-hydrogen) atoms. The molecule has 0 saturated carbocycles. The normalized spacial score (nSPS) is 11.4. The molecule has 0 atom stereocenters. The van der Waals surface area contributed by atoms with Gasteiger partial charge < -0.3 is 4.52 Å². The number of aromatic nitrogens is 2. The second kappa shape index (κ2) is 5.85. The molecule has 0 aliphatic carbocycles. The summed E-state index contributed by atoms with van der Waals surface area (Å²) in [5.74, 6) is 0.865. The molecule has 0 aliphatic rings. The molecule has 0 spiro atoms. The fourth-order valence-electron chi connectivity index (χ4n) is 2.06. The molecule has 6 nitrogen and oxygen atoms in total. The van der Waals surface area contributed by atoms with E-state index >= 15 is 0 Å². The van der Waals surface area contributed by atoms with Crippen molar-refractivity contribution >= 4 is 15.7 Å². The van der Waals surface area contributed by atoms with Gasteiger partial charge in [0.2, 0.25) is 0 Å². The molecule has 0 unspecified atom stereocenters. The summed E-state index contributed by atoms with van der Waals surface area (Å²) in [7, 11) is -3.64. The molecular weight excluding hydrogens is 314 g/mol. The van der Waals surface area contributed by atoms with Crippen molar-refractivity contribution in [1.82, 2.24) is 10.1 Å². The Morgan fingerprint density at radius 2 is 1.78 bits per heavy atom. The standard InChI is InChI=1S/C16H15N3O3S/c1-11-6-8-15(9-7-11)23(20,21)19-14-5-3-4-13(10-14)16-17-12(2)18-22-16/h3-10,19H,1-2H3. The molecule has 1 heterocycles. The minimum atomic E-state index is -3.64. The molecule has 1 N–H and O–H groups in total. The number of hydrogen-bond acceptors (Lipinski definition) is 5. The van der Waals surface area contributed by atoms with Crippen LogP contribution in [0.25, 0.3) is 11.5 Å². The fourth-order valence-corrected chi connectivity index (χ4v) is 3.11. The van der Waals surface area contributed by atoms with E-state index in [9.17, 15) is 8.42 Å². The first-order chi connectivity index (χ1) is 10.9. The van der Waals surface area contributed by atoms with Crippen LogP contribution in [-0.2, 0) is 10.0 Å². The Morgan fingerprint density at radius 3 is 2.43 bits per heavy atom. The van der Waals surface area contributed by atoms with Crippen LogP contribution >= 0.6 is 0 Å². The second-order valence-electron chi connectivity index (χ2n) is 5.15. The van der Waals surface area contributed by atoms with E-state index in [0.29, 0.717) is 23.0 Å². The zero-order chi connectivity index (χ0) is 16.4. The SMILES string of the molecule is Cc1ccc(S(=O)(=O)Nc2cccc(-c3nc(C)no3)c2)cc1. The van der Waals surface area contributed by atoms with Gasteiger partial charge in [-0.15, -0.1) is 0 Å². The van der Waals surface area contributed by atoms with Gasteiger partial charge in [0.15, 0.2) is 5.82 Å². The zero-order valence-electron chi connectivity index (χ0n) is 12.6. The predicted octanol–water partition coefficient (Wildman–Crippen LogP) is 3.15. The highest BCUT2D eigenvalue weighted by molar-refractivity contribution is 7.92. The van der Waals surface area contributed by atoms with Gasteiger partial charge in [0, 0.05) is 11.3 Å². The number of nitrogens with zero attached hydrogens (tertiary/aromatic N) is 2. The Morgan fingerprint density at radius 1 is 1.04 bits per heavy atom. The lowest BCUT2D eigenvalue weighted by atomic mass is 10.2. The van der Waals surface area contributed by atoms with E-state index in [4.69, 9.17) is 4.52 Å². The Balaban J connectivity index is 1.89. The van der Waals surface area contributed by atoms with E-state index in [1.807, 2.05) is 6.92 Å². The molecule has 0 radical (unpaired) electrons. The molecule has 2 aromatic carbocycles. The quantitative estimate of drug-likeness (QED) is 0.794. The van der Waals surface area contributed by atoms with Gasteiger partial charge in [-0.1, -0.05) is 28.9 Å². The highest BCUT2D eigenvalue weighted by Gasteiger charge is 2.15. The van der Waals surface area contributed by atoms with E-state index < -0.39 is 10.0 Å². The predicted molar refractivity (Wildman–Crippen MR) is 86.5 cm³/mol. The number of sulfonamides is 1. The zero-order valence-corrected chi connectivity index (χ0v) is 13.5. The maximum absolute atomic E-state index is 12.4. The lowest BCUT2D eigenvalue weighted by Crippen LogP contribution is -2.12. The van der Waals surface area contributed by atoms with Crippen molar-refractivity contribution in [2.24, 2.45) is 0 Å². The summed E-state index contributed by atoms with van der Waals surface area (Å²) in [6, 6.07) is 13.5. The Kier molecular flexibility index (Phi) is 3.87. The molecule has 0 saturated heterocycles. The largest absolute Gasteiger partial charge is 0.334 e. The van der Waals surface area contributed by atoms with Crippen molar-refractivity contribution in [2.75, 3.05) is 4.72 Å². The van der Waals surface area contributed by atoms with E-state index in [0.717, 1.165) is 5.56 Å². The average Bonchev–Trinajstić information content (AvgIpc) is 2.94. The van der Waals surface area contributed by atoms with Crippen molar-refractivity contribution in [3.05, 3.63) is 59.9 Å². The van der Waals surface area contributed by atoms with Crippen LogP contribution in [0.15, 0.2) is 57.9 Å². The lowest BCUT2D eigenvalue weighted by molar-refractivity contribution is 0.425. The molecule has 0 amide bonds. The van der Waals surface area contributed by atoms with Gasteiger partial charge in [-0.2, -0.15) is 4.98 Å². The molecule has 0 bridgehead atoms. The Labute approximate surface area is 134 Å². The molecule has 0 aliphatic heterocycles. The van der Waals surface area contributed by atoms with Crippen LogP contribution < -0.4 is 4.72 Å². The third-order valence-corrected chi connectivity index (χ3v) is 4.62. The minimum Gasteiger partial charge on any atom is -0.334 e. The van der Waals surface area contributed by atoms with Crippen LogP contribution in [0.2, 0.25) is 0 Å². The highest BCUT2D eigenvalue weighted by atomic mass is 32.2. The van der Waals surface area contributed by atoms with Gasteiger partial charge in [-0.05, 0) is 44.2 Å². The van der Waals surface area contributed by atoms with E-state index in [1.54, 1.807) is 55.5 Å². The highest BCUT2D eigenvalue weighted by Crippen LogP contribution is 2.23. The van der Waals surface area contributed by atoms with Crippen LogP contribution in [-0.4, -0.2) is 18.6 Å². The van der Waals surface area contributed by atoms with Crippen molar-refractivity contribution in [2.45, 2.75) is 18.7 Å². The summed E-state index contributed by atoms with van der Waals surface area (Å²) in [6.07, 6.45) is 0. The summed E-state index contributed by atoms with van der Waals surface area (Å²) >= 11 is 0. The van der Waals surface area contributed by atoms with Crippen LogP contribution in [0.5, 0.6) is 0 Å². The first-order valence-corrected chi connectivity index (χ1v) is 8.42. The fraction of sp³-hybridized carbons (Fsp3) is 0.125. The van der Waals surface area contributed by atoms with E-state index in [2.05, 4.69) is 14.9 Å². The third-order valence-electron chi connectivity index (χ3n) is 3.22. The lowest BCUT2D eigenvalue weighted by Gasteiger charge is -2.09. The first kappa shape index (κ1) is 15.2. The number of anilines is 1. The molecule has 7 heteroatoms. The van der Waals surface area contributed by atoms with Gasteiger partial charge in [-0.25, -0.2) is 8.42 Å². The van der Waals surface area contributed by atoms with Crippen LogP contribution in [0.1, 0.15) is 11.4 Å². The summed E-state index contributed by atoms with van der Waals surface area (Å²) in [4.78, 5) is 4.34. The average molecular weight is 329 g/mol. The number of benzene rings is 2. The summed E-state index contributed by atoms with van der Waals surface area (Å²) < 4.78 is 32.5. The van der Waals surface area contributed by atoms with Gasteiger partial charge >= 0.3 is 0 Å². The van der Waals surface area contributed by atoms with Gasteiger partial charge in [0.05, 0.1) is 4.90 Å². The topological polar surface area (TPSA) is 85.1 Å². The minimum absolute atomic E-state index is 0.210. The second-order valence-corrected chi connectivity index (χ2v) is 6.83. The smallest absolute Gasteiger partial charge is 0.261 e. The van der Waals surface area contributed by atoms with Crippen molar-refractivity contribution in [1.29, 1.82) is 0 Å². The van der Waals surface area contributed by atoms with E-state index in [1.165, 1.54) is 0 Å². The molecule has 3 aromatic rings. The van der Waals surface area contributed by atoms with Crippen molar-refractivity contribution < 1.29 is 12.9 Å². The molecular formula is C16H15N3O3S. The summed E-state index contributed by atoms with van der Waals surface area (Å²) in [5.41, 5.74) is 2.08. The molecule has 3 rings (SSSR count). The molecule has 1 aromatic heterocycles. The number of hydrogen-bond donors (Lipinski definition) is 1. The van der Waals surface area contributed by atoms with Crippen LogP contribution in [0, 0.1) is 13.8 Å². The number of aryl methyl sites for hydroxylation is 2. The van der Waals surface area contributed by atoms with Gasteiger partial charge in [-0.3, -0.25) is 4.72 Å². The Hall–Kier alpha value is -2.67. The third kappa shape index (κ3) is 3.40. The maximum atomic E-state index is 12.4. The Bertz CT molecular complexity index is 931. The molecule has 118 valence electrons. The van der Waals surface area contributed by atoms with Gasteiger partial charge in [0.25, 0.3) is 15.9 Å². The summed E-state index contributed by atoms with van der Waals surface area (Å²) in [5, 5.41) is 3.73. The van der Waals surface area contributed by atoms with Gasteiger partial charge in [0.1, 0.15) is 0 Å². The van der Waals surface area contributed by atoms with E-state index in [-0.39, 0.29) is 4.90 Å². The van der Waals surface area contributed by atoms with Crippen LogP contribution in [0.4, 0.5) is 5.69 Å². The first-order valence-electron chi connectivity index (χ1n) is 6.94. The summed E-state index contributed by atoms with van der Waals surface area (Å²) in [6.45, 7) is 3.62.